The van der Waals surface area contributed by atoms with Gasteiger partial charge >= 0.3 is 0 Å². The zero-order valence-corrected chi connectivity index (χ0v) is 32.1. The van der Waals surface area contributed by atoms with Gasteiger partial charge in [0.1, 0.15) is 11.2 Å². The van der Waals surface area contributed by atoms with Gasteiger partial charge in [0.15, 0.2) is 23.3 Å². The molecule has 4 aromatic heterocycles. The summed E-state index contributed by atoms with van der Waals surface area (Å²) in [6, 6.07) is 66.2. The Kier molecular flexibility index (Phi) is 7.71. The van der Waals surface area contributed by atoms with Gasteiger partial charge in [0, 0.05) is 54.7 Å². The average Bonchev–Trinajstić information content (AvgIpc) is 3.85. The van der Waals surface area contributed by atoms with Crippen molar-refractivity contribution in [2.75, 3.05) is 0 Å². The highest BCUT2D eigenvalue weighted by atomic mass is 16.3. The largest absolute Gasteiger partial charge is 0.456 e. The molecule has 0 N–H and O–H groups in total. The lowest BCUT2D eigenvalue weighted by molar-refractivity contribution is 0.669. The molecule has 0 fully saturated rings. The van der Waals surface area contributed by atoms with Crippen molar-refractivity contribution >= 4 is 54.6 Å². The van der Waals surface area contributed by atoms with Gasteiger partial charge in [-0.15, -0.1) is 0 Å². The second-order valence-electron chi connectivity index (χ2n) is 14.9. The number of hydrogen-bond acceptors (Lipinski definition) is 6. The molecule has 0 atom stereocenters. The maximum absolute atomic E-state index is 6.41. The van der Waals surface area contributed by atoms with Crippen molar-refractivity contribution in [3.05, 3.63) is 194 Å². The Morgan fingerprint density at radius 1 is 0.333 bits per heavy atom. The van der Waals surface area contributed by atoms with Gasteiger partial charge < -0.3 is 8.98 Å². The molecular formula is C53H32N6O. The summed E-state index contributed by atoms with van der Waals surface area (Å²) in [7, 11) is 0. The molecule has 0 bridgehead atoms. The number of nitrogens with zero attached hydrogens (tertiary/aromatic N) is 6. The van der Waals surface area contributed by atoms with Crippen LogP contribution in [0.25, 0.3) is 117 Å². The number of aromatic nitrogens is 6. The first kappa shape index (κ1) is 33.8. The molecule has 12 rings (SSSR count). The zero-order chi connectivity index (χ0) is 39.6. The summed E-state index contributed by atoms with van der Waals surface area (Å²) < 4.78 is 8.74. The standard InChI is InChI=1S/C53H32N6O/c1-4-16-33(17-5-1)49-39-24-10-13-25-43(39)54-52(55-49)36-28-29-45(42(30-36)53-57-50(34-18-6-2-7-19-34)56-51(58-53)35-20-8-3-9-21-35)59-44-26-14-11-22-37(44)40-32-48-41(31-46(40)59)38-23-12-15-27-47(38)60-48/h1-32H. The van der Waals surface area contributed by atoms with Gasteiger partial charge in [-0.05, 0) is 48.5 Å². The number of rotatable bonds is 6. The molecular weight excluding hydrogens is 737 g/mol. The van der Waals surface area contributed by atoms with Crippen molar-refractivity contribution in [1.29, 1.82) is 0 Å². The van der Waals surface area contributed by atoms with Crippen molar-refractivity contribution in [2.45, 2.75) is 0 Å². The fraction of sp³-hybridized carbons (Fsp3) is 0. The van der Waals surface area contributed by atoms with Crippen LogP contribution in [0.1, 0.15) is 0 Å². The number of hydrogen-bond donors (Lipinski definition) is 0. The lowest BCUT2D eigenvalue weighted by Crippen LogP contribution is -2.04. The molecule has 7 nitrogen and oxygen atoms in total. The molecule has 280 valence electrons. The summed E-state index contributed by atoms with van der Waals surface area (Å²) in [5.41, 5.74) is 10.9. The second-order valence-corrected chi connectivity index (χ2v) is 14.9. The zero-order valence-electron chi connectivity index (χ0n) is 32.1. The van der Waals surface area contributed by atoms with Crippen LogP contribution in [0, 0.1) is 0 Å². The number of para-hydroxylation sites is 3. The van der Waals surface area contributed by atoms with Crippen LogP contribution in [0.15, 0.2) is 199 Å². The molecule has 0 amide bonds. The van der Waals surface area contributed by atoms with Crippen LogP contribution in [-0.4, -0.2) is 29.5 Å². The molecule has 0 aliphatic heterocycles. The maximum atomic E-state index is 6.41. The normalized spacial score (nSPS) is 11.7. The summed E-state index contributed by atoms with van der Waals surface area (Å²) in [6.07, 6.45) is 0. The SMILES string of the molecule is c1ccc(-c2nc(-c3ccccc3)nc(-c3cc(-c4nc(-c5ccccc5)c5ccccc5n4)ccc3-n3c4ccccc4c4cc5oc6ccccc6c5cc43)n2)cc1. The van der Waals surface area contributed by atoms with Crippen LogP contribution >= 0.6 is 0 Å². The van der Waals surface area contributed by atoms with E-state index < -0.39 is 0 Å². The summed E-state index contributed by atoms with van der Waals surface area (Å²) >= 11 is 0. The van der Waals surface area contributed by atoms with Crippen molar-refractivity contribution in [2.24, 2.45) is 0 Å². The first-order valence-electron chi connectivity index (χ1n) is 19.9. The van der Waals surface area contributed by atoms with Crippen LogP contribution in [0.3, 0.4) is 0 Å². The van der Waals surface area contributed by atoms with Gasteiger partial charge in [-0.2, -0.15) is 0 Å². The third kappa shape index (κ3) is 5.56. The van der Waals surface area contributed by atoms with E-state index in [9.17, 15) is 0 Å². The molecule has 8 aromatic carbocycles. The minimum atomic E-state index is 0.532. The highest BCUT2D eigenvalue weighted by Gasteiger charge is 2.23. The quantitative estimate of drug-likeness (QED) is 0.167. The van der Waals surface area contributed by atoms with E-state index in [-0.39, 0.29) is 0 Å². The second kappa shape index (κ2) is 13.7. The third-order valence-corrected chi connectivity index (χ3v) is 11.3. The van der Waals surface area contributed by atoms with E-state index in [4.69, 9.17) is 29.3 Å². The van der Waals surface area contributed by atoms with E-state index in [0.717, 1.165) is 93.8 Å². The molecule has 0 aliphatic rings. The van der Waals surface area contributed by atoms with Crippen molar-refractivity contribution in [1.82, 2.24) is 29.5 Å². The predicted octanol–water partition coefficient (Wildman–Crippen LogP) is 13.1. The van der Waals surface area contributed by atoms with Crippen LogP contribution in [-0.2, 0) is 0 Å². The molecule has 60 heavy (non-hydrogen) atoms. The van der Waals surface area contributed by atoms with Gasteiger partial charge in [0.25, 0.3) is 0 Å². The van der Waals surface area contributed by atoms with Crippen LogP contribution < -0.4 is 0 Å². The molecule has 0 saturated heterocycles. The van der Waals surface area contributed by atoms with Crippen molar-refractivity contribution < 1.29 is 4.42 Å². The Morgan fingerprint density at radius 2 is 0.917 bits per heavy atom. The van der Waals surface area contributed by atoms with Crippen molar-refractivity contribution in [3.63, 3.8) is 0 Å². The van der Waals surface area contributed by atoms with E-state index in [2.05, 4.69) is 89.5 Å². The minimum absolute atomic E-state index is 0.532. The summed E-state index contributed by atoms with van der Waals surface area (Å²) in [6.45, 7) is 0. The first-order chi connectivity index (χ1) is 29.7. The minimum Gasteiger partial charge on any atom is -0.456 e. The number of fused-ring (bicyclic) bond motifs is 7. The first-order valence-corrected chi connectivity index (χ1v) is 19.9. The van der Waals surface area contributed by atoms with E-state index in [1.807, 2.05) is 109 Å². The summed E-state index contributed by atoms with van der Waals surface area (Å²) in [4.78, 5) is 26.0. The number of benzene rings is 8. The van der Waals surface area contributed by atoms with Crippen LogP contribution in [0.4, 0.5) is 0 Å². The smallest absolute Gasteiger partial charge is 0.166 e. The fourth-order valence-electron chi connectivity index (χ4n) is 8.45. The topological polar surface area (TPSA) is 82.5 Å². The van der Waals surface area contributed by atoms with Gasteiger partial charge in [0.05, 0.1) is 27.9 Å². The Morgan fingerprint density at radius 3 is 1.65 bits per heavy atom. The predicted molar refractivity (Wildman–Crippen MR) is 242 cm³/mol. The average molecular weight is 769 g/mol. The molecule has 7 heteroatoms. The number of furan rings is 1. The Labute approximate surface area is 343 Å². The lowest BCUT2D eigenvalue weighted by atomic mass is 10.0. The van der Waals surface area contributed by atoms with Crippen LogP contribution in [0.5, 0.6) is 0 Å². The summed E-state index contributed by atoms with van der Waals surface area (Å²) in [5.74, 6) is 2.30. The highest BCUT2D eigenvalue weighted by molar-refractivity contribution is 6.17. The van der Waals surface area contributed by atoms with E-state index in [0.29, 0.717) is 23.3 Å². The van der Waals surface area contributed by atoms with E-state index >= 15 is 0 Å². The van der Waals surface area contributed by atoms with Gasteiger partial charge in [-0.25, -0.2) is 24.9 Å². The van der Waals surface area contributed by atoms with Crippen molar-refractivity contribution in [3.8, 4) is 62.5 Å². The molecule has 4 heterocycles. The van der Waals surface area contributed by atoms with Crippen LogP contribution in [0.2, 0.25) is 0 Å². The van der Waals surface area contributed by atoms with E-state index in [1.165, 1.54) is 0 Å². The van der Waals surface area contributed by atoms with Gasteiger partial charge in [-0.3, -0.25) is 0 Å². The highest BCUT2D eigenvalue weighted by Crippen LogP contribution is 2.41. The van der Waals surface area contributed by atoms with E-state index in [1.54, 1.807) is 0 Å². The molecule has 12 aromatic rings. The molecule has 0 saturated carbocycles. The third-order valence-electron chi connectivity index (χ3n) is 11.3. The summed E-state index contributed by atoms with van der Waals surface area (Å²) in [5, 5.41) is 5.31. The Balaban J connectivity index is 1.18. The van der Waals surface area contributed by atoms with Gasteiger partial charge in [0.2, 0.25) is 0 Å². The molecule has 0 spiro atoms. The molecule has 0 unspecified atom stereocenters. The fourth-order valence-corrected chi connectivity index (χ4v) is 8.45. The monoisotopic (exact) mass is 768 g/mol. The Bertz CT molecular complexity index is 3540. The lowest BCUT2D eigenvalue weighted by Gasteiger charge is -2.16. The Hall–Kier alpha value is -8.29. The van der Waals surface area contributed by atoms with Gasteiger partial charge in [-0.1, -0.05) is 146 Å². The molecule has 0 aliphatic carbocycles. The maximum Gasteiger partial charge on any atom is 0.166 e. The molecule has 0 radical (unpaired) electrons.